The van der Waals surface area contributed by atoms with Crippen LogP contribution in [0.25, 0.3) is 11.1 Å². The SMILES string of the molecule is CN(C)c1nccnc1OC1CCCN(S(=O)(=O)c2ccc(-c3ccccc3)cc2)C1. The third kappa shape index (κ3) is 4.70. The Balaban J connectivity index is 1.50. The number of aromatic nitrogens is 2. The fraction of sp³-hybridized carbons (Fsp3) is 0.304. The van der Waals surface area contributed by atoms with Crippen LogP contribution in [0.3, 0.4) is 0 Å². The number of sulfonamides is 1. The van der Waals surface area contributed by atoms with Gasteiger partial charge >= 0.3 is 0 Å². The van der Waals surface area contributed by atoms with Crippen LogP contribution >= 0.6 is 0 Å². The maximum Gasteiger partial charge on any atom is 0.257 e. The molecule has 1 fully saturated rings. The molecule has 1 atom stereocenters. The van der Waals surface area contributed by atoms with Crippen molar-refractivity contribution in [1.29, 1.82) is 0 Å². The zero-order valence-electron chi connectivity index (χ0n) is 17.7. The Kier molecular flexibility index (Phi) is 6.20. The molecular formula is C23H26N4O3S. The highest BCUT2D eigenvalue weighted by Gasteiger charge is 2.32. The van der Waals surface area contributed by atoms with Crippen LogP contribution < -0.4 is 9.64 Å². The standard InChI is InChI=1S/C23H26N4O3S/c1-26(2)22-23(25-15-14-24-22)30-20-9-6-16-27(17-20)31(28,29)21-12-10-19(11-13-21)18-7-4-3-5-8-18/h3-5,7-8,10-15,20H,6,9,16-17H2,1-2H3. The van der Waals surface area contributed by atoms with E-state index in [2.05, 4.69) is 9.97 Å². The minimum Gasteiger partial charge on any atom is -0.470 e. The molecule has 8 heteroatoms. The number of rotatable bonds is 6. The van der Waals surface area contributed by atoms with Crippen molar-refractivity contribution >= 4 is 15.8 Å². The molecule has 0 bridgehead atoms. The van der Waals surface area contributed by atoms with E-state index in [0.717, 1.165) is 24.0 Å². The Morgan fingerprint density at radius 3 is 2.35 bits per heavy atom. The summed E-state index contributed by atoms with van der Waals surface area (Å²) < 4.78 is 34.1. The molecular weight excluding hydrogens is 412 g/mol. The number of nitrogens with zero attached hydrogens (tertiary/aromatic N) is 4. The summed E-state index contributed by atoms with van der Waals surface area (Å²) in [6.45, 7) is 0.760. The summed E-state index contributed by atoms with van der Waals surface area (Å²) in [5.74, 6) is 1.04. The molecule has 1 aliphatic heterocycles. The lowest BCUT2D eigenvalue weighted by atomic mass is 10.1. The van der Waals surface area contributed by atoms with Gasteiger partial charge in [0.25, 0.3) is 5.88 Å². The summed E-state index contributed by atoms with van der Waals surface area (Å²) in [7, 11) is 0.132. The van der Waals surface area contributed by atoms with Gasteiger partial charge in [0.1, 0.15) is 6.10 Å². The summed E-state index contributed by atoms with van der Waals surface area (Å²) in [6.07, 6.45) is 4.40. The summed E-state index contributed by atoms with van der Waals surface area (Å²) in [5, 5.41) is 0. The van der Waals surface area contributed by atoms with Crippen LogP contribution in [0.4, 0.5) is 5.82 Å². The maximum atomic E-state index is 13.2. The second-order valence-electron chi connectivity index (χ2n) is 7.72. The first kappa shape index (κ1) is 21.3. The minimum absolute atomic E-state index is 0.275. The molecule has 1 saturated heterocycles. The Morgan fingerprint density at radius 2 is 1.65 bits per heavy atom. The lowest BCUT2D eigenvalue weighted by molar-refractivity contribution is 0.125. The minimum atomic E-state index is -3.61. The first-order chi connectivity index (χ1) is 14.9. The zero-order chi connectivity index (χ0) is 21.8. The molecule has 0 saturated carbocycles. The number of ether oxygens (including phenoxy) is 1. The molecule has 162 valence electrons. The summed E-state index contributed by atoms with van der Waals surface area (Å²) >= 11 is 0. The second-order valence-corrected chi connectivity index (χ2v) is 9.65. The smallest absolute Gasteiger partial charge is 0.257 e. The van der Waals surface area contributed by atoms with Crippen molar-refractivity contribution in [3.8, 4) is 17.0 Å². The highest BCUT2D eigenvalue weighted by molar-refractivity contribution is 7.89. The van der Waals surface area contributed by atoms with Crippen LogP contribution in [-0.2, 0) is 10.0 Å². The molecule has 0 amide bonds. The number of benzene rings is 2. The van der Waals surface area contributed by atoms with Gasteiger partial charge in [-0.05, 0) is 36.1 Å². The van der Waals surface area contributed by atoms with Gasteiger partial charge in [0, 0.05) is 33.0 Å². The van der Waals surface area contributed by atoms with Crippen LogP contribution in [0, 0.1) is 0 Å². The van der Waals surface area contributed by atoms with Crippen molar-refractivity contribution in [2.24, 2.45) is 0 Å². The maximum absolute atomic E-state index is 13.2. The van der Waals surface area contributed by atoms with Gasteiger partial charge in [-0.1, -0.05) is 42.5 Å². The molecule has 31 heavy (non-hydrogen) atoms. The molecule has 0 spiro atoms. The van der Waals surface area contributed by atoms with Crippen LogP contribution in [0.5, 0.6) is 5.88 Å². The quantitative estimate of drug-likeness (QED) is 0.587. The van der Waals surface area contributed by atoms with Gasteiger partial charge < -0.3 is 9.64 Å². The average molecular weight is 439 g/mol. The third-order valence-corrected chi connectivity index (χ3v) is 7.17. The topological polar surface area (TPSA) is 75.6 Å². The number of anilines is 1. The van der Waals surface area contributed by atoms with Crippen molar-refractivity contribution < 1.29 is 13.2 Å². The molecule has 3 aromatic rings. The van der Waals surface area contributed by atoms with E-state index in [4.69, 9.17) is 4.74 Å². The third-order valence-electron chi connectivity index (χ3n) is 5.29. The second kappa shape index (κ2) is 9.03. The van der Waals surface area contributed by atoms with Gasteiger partial charge in [-0.25, -0.2) is 18.4 Å². The fourth-order valence-electron chi connectivity index (χ4n) is 3.68. The van der Waals surface area contributed by atoms with E-state index >= 15 is 0 Å². The van der Waals surface area contributed by atoms with Crippen LogP contribution in [0.15, 0.2) is 71.9 Å². The van der Waals surface area contributed by atoms with Crippen LogP contribution in [0.1, 0.15) is 12.8 Å². The lowest BCUT2D eigenvalue weighted by Crippen LogP contribution is -2.44. The average Bonchev–Trinajstić information content (AvgIpc) is 2.80. The molecule has 2 heterocycles. The highest BCUT2D eigenvalue weighted by Crippen LogP contribution is 2.28. The monoisotopic (exact) mass is 438 g/mol. The van der Waals surface area contributed by atoms with E-state index in [0.29, 0.717) is 23.1 Å². The van der Waals surface area contributed by atoms with Gasteiger partial charge in [0.2, 0.25) is 10.0 Å². The van der Waals surface area contributed by atoms with Crippen molar-refractivity contribution in [3.63, 3.8) is 0 Å². The van der Waals surface area contributed by atoms with E-state index in [1.807, 2.05) is 61.5 Å². The zero-order valence-corrected chi connectivity index (χ0v) is 18.5. The Morgan fingerprint density at radius 1 is 0.968 bits per heavy atom. The molecule has 4 rings (SSSR count). The summed E-state index contributed by atoms with van der Waals surface area (Å²) in [4.78, 5) is 10.7. The molecule has 1 aromatic heterocycles. The first-order valence-electron chi connectivity index (χ1n) is 10.3. The number of hydrogen-bond acceptors (Lipinski definition) is 6. The van der Waals surface area contributed by atoms with E-state index in [1.54, 1.807) is 24.5 Å². The predicted octanol–water partition coefficient (Wildman–Crippen LogP) is 3.44. The van der Waals surface area contributed by atoms with Crippen molar-refractivity contribution in [3.05, 3.63) is 67.0 Å². The van der Waals surface area contributed by atoms with Crippen molar-refractivity contribution in [1.82, 2.24) is 14.3 Å². The van der Waals surface area contributed by atoms with E-state index in [-0.39, 0.29) is 12.6 Å². The molecule has 2 aromatic carbocycles. The van der Waals surface area contributed by atoms with Gasteiger partial charge in [0.15, 0.2) is 5.82 Å². The fourth-order valence-corrected chi connectivity index (χ4v) is 5.19. The van der Waals surface area contributed by atoms with Crippen LogP contribution in [0.2, 0.25) is 0 Å². The number of hydrogen-bond donors (Lipinski definition) is 0. The van der Waals surface area contributed by atoms with Gasteiger partial charge in [-0.15, -0.1) is 0 Å². The van der Waals surface area contributed by atoms with Crippen LogP contribution in [-0.4, -0.2) is 56.0 Å². The normalized spacial score (nSPS) is 17.3. The first-order valence-corrected chi connectivity index (χ1v) is 11.7. The molecule has 1 unspecified atom stereocenters. The highest BCUT2D eigenvalue weighted by atomic mass is 32.2. The Hall–Kier alpha value is -2.97. The Labute approximate surface area is 183 Å². The molecule has 0 N–H and O–H groups in total. The van der Waals surface area contributed by atoms with Crippen molar-refractivity contribution in [2.75, 3.05) is 32.1 Å². The lowest BCUT2D eigenvalue weighted by Gasteiger charge is -2.32. The van der Waals surface area contributed by atoms with Gasteiger partial charge in [-0.3, -0.25) is 0 Å². The molecule has 7 nitrogen and oxygen atoms in total. The van der Waals surface area contributed by atoms with Gasteiger partial charge in [0.05, 0.1) is 11.4 Å². The van der Waals surface area contributed by atoms with E-state index < -0.39 is 10.0 Å². The van der Waals surface area contributed by atoms with Crippen molar-refractivity contribution in [2.45, 2.75) is 23.8 Å². The van der Waals surface area contributed by atoms with E-state index in [9.17, 15) is 8.42 Å². The van der Waals surface area contributed by atoms with E-state index in [1.165, 1.54) is 4.31 Å². The largest absolute Gasteiger partial charge is 0.470 e. The Bertz CT molecular complexity index is 1120. The predicted molar refractivity (Wildman–Crippen MR) is 121 cm³/mol. The molecule has 1 aliphatic rings. The van der Waals surface area contributed by atoms with Gasteiger partial charge in [-0.2, -0.15) is 4.31 Å². The molecule has 0 aliphatic carbocycles. The summed E-state index contributed by atoms with van der Waals surface area (Å²) in [6, 6.07) is 16.9. The summed E-state index contributed by atoms with van der Waals surface area (Å²) in [5.41, 5.74) is 2.04. The molecule has 0 radical (unpaired) electrons. The number of piperidine rings is 1.